The Balaban J connectivity index is 1.58. The number of esters is 1. The molecule has 6 heteroatoms. The molecule has 0 aliphatic heterocycles. The van der Waals surface area contributed by atoms with E-state index in [9.17, 15) is 9.59 Å². The van der Waals surface area contributed by atoms with Gasteiger partial charge in [-0.3, -0.25) is 4.79 Å². The van der Waals surface area contributed by atoms with Crippen LogP contribution in [0, 0.1) is 0 Å². The molecular weight excluding hydrogens is 368 g/mol. The van der Waals surface area contributed by atoms with Crippen molar-refractivity contribution >= 4 is 16.7 Å². The van der Waals surface area contributed by atoms with Crippen molar-refractivity contribution in [3.63, 3.8) is 0 Å². The molecule has 6 nitrogen and oxygen atoms in total. The minimum Gasteiger partial charge on any atom is -0.457 e. The molecular formula is C23H18N2O4. The van der Waals surface area contributed by atoms with E-state index in [1.807, 2.05) is 54.6 Å². The number of ether oxygens (including phenoxy) is 2. The zero-order valence-electron chi connectivity index (χ0n) is 15.7. The maximum Gasteiger partial charge on any atom is 0.359 e. The molecule has 1 heterocycles. The lowest BCUT2D eigenvalue weighted by Crippen LogP contribution is -2.23. The van der Waals surface area contributed by atoms with Crippen molar-refractivity contribution in [1.29, 1.82) is 0 Å². The summed E-state index contributed by atoms with van der Waals surface area (Å²) in [5, 5.41) is 4.99. The van der Waals surface area contributed by atoms with E-state index < -0.39 is 5.97 Å². The standard InChI is InChI=1S/C23H18N2O4/c1-25-22(26)19-13-7-6-12-18(19)21(24-25)23(27)28-15-16-9-5-8-14-20(16)29-17-10-3-2-4-11-17/h2-14H,15H2,1H3. The van der Waals surface area contributed by atoms with E-state index in [2.05, 4.69) is 5.10 Å². The lowest BCUT2D eigenvalue weighted by atomic mass is 10.1. The van der Waals surface area contributed by atoms with Gasteiger partial charge in [0.15, 0.2) is 5.69 Å². The fourth-order valence-corrected chi connectivity index (χ4v) is 3.00. The molecule has 0 amide bonds. The van der Waals surface area contributed by atoms with Gasteiger partial charge in [-0.25, -0.2) is 9.48 Å². The van der Waals surface area contributed by atoms with E-state index in [0.717, 1.165) is 10.2 Å². The van der Waals surface area contributed by atoms with Gasteiger partial charge in [0, 0.05) is 18.0 Å². The van der Waals surface area contributed by atoms with Gasteiger partial charge in [-0.15, -0.1) is 0 Å². The average molecular weight is 386 g/mol. The van der Waals surface area contributed by atoms with Gasteiger partial charge in [-0.1, -0.05) is 54.6 Å². The summed E-state index contributed by atoms with van der Waals surface area (Å²) in [5.41, 5.74) is 0.557. The van der Waals surface area contributed by atoms with Crippen LogP contribution >= 0.6 is 0 Å². The maximum absolute atomic E-state index is 12.7. The molecule has 0 aliphatic rings. The number of aromatic nitrogens is 2. The van der Waals surface area contributed by atoms with Crippen LogP contribution in [0.15, 0.2) is 83.7 Å². The number of aryl methyl sites for hydroxylation is 1. The van der Waals surface area contributed by atoms with Gasteiger partial charge in [0.25, 0.3) is 5.56 Å². The van der Waals surface area contributed by atoms with Gasteiger partial charge < -0.3 is 9.47 Å². The zero-order valence-corrected chi connectivity index (χ0v) is 15.7. The first-order valence-electron chi connectivity index (χ1n) is 9.07. The second kappa shape index (κ2) is 7.98. The predicted octanol–water partition coefficient (Wildman–Crippen LogP) is 4.08. The van der Waals surface area contributed by atoms with Gasteiger partial charge in [-0.2, -0.15) is 5.10 Å². The van der Waals surface area contributed by atoms with Crippen molar-refractivity contribution in [2.45, 2.75) is 6.61 Å². The third-order valence-electron chi connectivity index (χ3n) is 4.45. The molecule has 0 aliphatic carbocycles. The molecule has 0 saturated heterocycles. The largest absolute Gasteiger partial charge is 0.457 e. The van der Waals surface area contributed by atoms with E-state index >= 15 is 0 Å². The molecule has 0 radical (unpaired) electrons. The third-order valence-corrected chi connectivity index (χ3v) is 4.45. The Hall–Kier alpha value is -3.93. The fraction of sp³-hybridized carbons (Fsp3) is 0.0870. The number of para-hydroxylation sites is 2. The minimum atomic E-state index is -0.605. The van der Waals surface area contributed by atoms with Crippen LogP contribution in [0.4, 0.5) is 0 Å². The number of rotatable bonds is 5. The summed E-state index contributed by atoms with van der Waals surface area (Å²) < 4.78 is 12.5. The van der Waals surface area contributed by atoms with E-state index in [1.165, 1.54) is 7.05 Å². The predicted molar refractivity (Wildman–Crippen MR) is 109 cm³/mol. The lowest BCUT2D eigenvalue weighted by Gasteiger charge is -2.12. The Labute approximate surface area is 166 Å². The molecule has 4 rings (SSSR count). The quantitative estimate of drug-likeness (QED) is 0.483. The van der Waals surface area contributed by atoms with Crippen molar-refractivity contribution in [2.24, 2.45) is 7.05 Å². The van der Waals surface area contributed by atoms with E-state index in [0.29, 0.717) is 22.3 Å². The fourth-order valence-electron chi connectivity index (χ4n) is 3.00. The molecule has 0 spiro atoms. The Morgan fingerprint density at radius 2 is 1.55 bits per heavy atom. The van der Waals surface area contributed by atoms with Crippen molar-refractivity contribution in [1.82, 2.24) is 9.78 Å². The summed E-state index contributed by atoms with van der Waals surface area (Å²) in [7, 11) is 1.51. The molecule has 0 unspecified atom stereocenters. The lowest BCUT2D eigenvalue weighted by molar-refractivity contribution is 0.0463. The molecule has 144 valence electrons. The summed E-state index contributed by atoms with van der Waals surface area (Å²) in [6.45, 7) is 0.0146. The van der Waals surface area contributed by atoms with Crippen LogP contribution in [0.3, 0.4) is 0 Å². The highest BCUT2D eigenvalue weighted by Crippen LogP contribution is 2.26. The number of carbonyl (C=O) groups excluding carboxylic acids is 1. The Kier molecular flexibility index (Phi) is 5.07. The van der Waals surface area contributed by atoms with Crippen LogP contribution in [0.2, 0.25) is 0 Å². The van der Waals surface area contributed by atoms with Crippen LogP contribution in [-0.2, 0) is 18.4 Å². The molecule has 0 N–H and O–H groups in total. The summed E-state index contributed by atoms with van der Waals surface area (Å²) in [4.78, 5) is 25.0. The third kappa shape index (κ3) is 3.87. The number of nitrogens with zero attached hydrogens (tertiary/aromatic N) is 2. The molecule has 4 aromatic rings. The topological polar surface area (TPSA) is 70.4 Å². The van der Waals surface area contributed by atoms with Gasteiger partial charge in [0.05, 0.1) is 5.39 Å². The van der Waals surface area contributed by atoms with Crippen LogP contribution in [0.5, 0.6) is 11.5 Å². The van der Waals surface area contributed by atoms with Gasteiger partial charge in [0.1, 0.15) is 18.1 Å². The summed E-state index contributed by atoms with van der Waals surface area (Å²) in [5.74, 6) is 0.688. The summed E-state index contributed by atoms with van der Waals surface area (Å²) >= 11 is 0. The van der Waals surface area contributed by atoms with Crippen LogP contribution in [-0.4, -0.2) is 15.7 Å². The summed E-state index contributed by atoms with van der Waals surface area (Å²) in [6, 6.07) is 23.6. The van der Waals surface area contributed by atoms with Crippen LogP contribution in [0.1, 0.15) is 16.1 Å². The van der Waals surface area contributed by atoms with Crippen LogP contribution in [0.25, 0.3) is 10.8 Å². The Bertz CT molecular complexity index is 1230. The van der Waals surface area contributed by atoms with Crippen molar-refractivity contribution < 1.29 is 14.3 Å². The highest BCUT2D eigenvalue weighted by atomic mass is 16.5. The first kappa shape index (κ1) is 18.4. The second-order valence-corrected chi connectivity index (χ2v) is 6.42. The molecule has 0 fully saturated rings. The first-order valence-corrected chi connectivity index (χ1v) is 9.07. The Morgan fingerprint density at radius 1 is 0.897 bits per heavy atom. The average Bonchev–Trinajstić information content (AvgIpc) is 2.76. The van der Waals surface area contributed by atoms with E-state index in [4.69, 9.17) is 9.47 Å². The maximum atomic E-state index is 12.7. The normalized spacial score (nSPS) is 10.7. The van der Waals surface area contributed by atoms with E-state index in [-0.39, 0.29) is 17.9 Å². The molecule has 0 saturated carbocycles. The smallest absolute Gasteiger partial charge is 0.359 e. The number of carbonyl (C=O) groups is 1. The van der Waals surface area contributed by atoms with Crippen LogP contribution < -0.4 is 10.3 Å². The molecule has 1 aromatic heterocycles. The monoisotopic (exact) mass is 386 g/mol. The molecule has 29 heavy (non-hydrogen) atoms. The zero-order chi connectivity index (χ0) is 20.2. The molecule has 0 bridgehead atoms. The second-order valence-electron chi connectivity index (χ2n) is 6.42. The summed E-state index contributed by atoms with van der Waals surface area (Å²) in [6.07, 6.45) is 0. The van der Waals surface area contributed by atoms with E-state index in [1.54, 1.807) is 24.3 Å². The Morgan fingerprint density at radius 3 is 2.34 bits per heavy atom. The minimum absolute atomic E-state index is 0.0146. The highest BCUT2D eigenvalue weighted by Gasteiger charge is 2.17. The van der Waals surface area contributed by atoms with Crippen molar-refractivity contribution in [2.75, 3.05) is 0 Å². The van der Waals surface area contributed by atoms with Gasteiger partial charge >= 0.3 is 5.97 Å². The van der Waals surface area contributed by atoms with Gasteiger partial charge in [0.2, 0.25) is 0 Å². The van der Waals surface area contributed by atoms with Crippen molar-refractivity contribution in [3.05, 3.63) is 100 Å². The highest BCUT2D eigenvalue weighted by molar-refractivity contribution is 6.02. The van der Waals surface area contributed by atoms with Gasteiger partial charge in [-0.05, 0) is 24.3 Å². The molecule has 0 atom stereocenters. The number of hydrogen-bond acceptors (Lipinski definition) is 5. The van der Waals surface area contributed by atoms with Crippen molar-refractivity contribution in [3.8, 4) is 11.5 Å². The number of fused-ring (bicyclic) bond motifs is 1. The SMILES string of the molecule is Cn1nc(C(=O)OCc2ccccc2Oc2ccccc2)c2ccccc2c1=O. The first-order chi connectivity index (χ1) is 14.1. The number of benzene rings is 3. The molecule has 3 aromatic carbocycles. The number of hydrogen-bond donors (Lipinski definition) is 0.